The highest BCUT2D eigenvalue weighted by Gasteiger charge is 2.24. The Bertz CT molecular complexity index is 563. The van der Waals surface area contributed by atoms with Crippen molar-refractivity contribution in [3.63, 3.8) is 0 Å². The third kappa shape index (κ3) is 5.13. The molecule has 0 saturated heterocycles. The summed E-state index contributed by atoms with van der Waals surface area (Å²) in [6.07, 6.45) is 0.779. The predicted octanol–water partition coefficient (Wildman–Crippen LogP) is 1.00. The Morgan fingerprint density at radius 2 is 2.21 bits per heavy atom. The van der Waals surface area contributed by atoms with Gasteiger partial charge in [0.05, 0.1) is 12.3 Å². The van der Waals surface area contributed by atoms with Gasteiger partial charge in [0.25, 0.3) is 5.91 Å². The number of amides is 1. The van der Waals surface area contributed by atoms with Gasteiger partial charge in [0.1, 0.15) is 5.75 Å². The van der Waals surface area contributed by atoms with Gasteiger partial charge in [-0.15, -0.1) is 0 Å². The number of carbonyl (C=O) groups excluding carboxylic acids is 1. The molecular weight excluding hydrogens is 308 g/mol. The number of guanidine groups is 1. The normalized spacial score (nSPS) is 14.2. The Balaban J connectivity index is 1.86. The molecule has 0 atom stereocenters. The smallest absolute Gasteiger partial charge is 0.265 e. The van der Waals surface area contributed by atoms with Crippen LogP contribution in [0.25, 0.3) is 0 Å². The van der Waals surface area contributed by atoms with E-state index in [4.69, 9.17) is 9.47 Å². The molecule has 1 amide bonds. The standard InChI is InChI=1S/C17H26N4O3/c1-3-18-17(20-10-12-23-2)19-9-6-11-21-14-7-4-5-8-15(14)24-13-16(21)22/h4-5,7-8H,3,6,9-13H2,1-2H3,(H2,18,19,20). The number of aliphatic imine (C=N–C) groups is 1. The molecular formula is C17H26N4O3. The summed E-state index contributed by atoms with van der Waals surface area (Å²) in [5.41, 5.74) is 0.836. The average Bonchev–Trinajstić information content (AvgIpc) is 2.60. The van der Waals surface area contributed by atoms with E-state index in [1.54, 1.807) is 12.0 Å². The van der Waals surface area contributed by atoms with Crippen LogP contribution in [-0.4, -0.2) is 58.4 Å². The lowest BCUT2D eigenvalue weighted by Gasteiger charge is -2.29. The Labute approximate surface area is 143 Å². The number of ether oxygens (including phenoxy) is 2. The number of carbonyl (C=O) groups is 1. The monoisotopic (exact) mass is 334 g/mol. The van der Waals surface area contributed by atoms with Gasteiger partial charge in [-0.05, 0) is 25.5 Å². The summed E-state index contributed by atoms with van der Waals surface area (Å²) >= 11 is 0. The van der Waals surface area contributed by atoms with Crippen molar-refractivity contribution in [1.82, 2.24) is 10.6 Å². The number of hydrogen-bond donors (Lipinski definition) is 2. The van der Waals surface area contributed by atoms with Gasteiger partial charge in [-0.3, -0.25) is 9.79 Å². The van der Waals surface area contributed by atoms with E-state index in [0.29, 0.717) is 26.2 Å². The van der Waals surface area contributed by atoms with Gasteiger partial charge in [-0.2, -0.15) is 0 Å². The highest BCUT2D eigenvalue weighted by atomic mass is 16.5. The molecule has 1 aromatic carbocycles. The molecule has 0 aliphatic carbocycles. The van der Waals surface area contributed by atoms with Crippen molar-refractivity contribution in [2.24, 2.45) is 4.99 Å². The third-order valence-corrected chi connectivity index (χ3v) is 3.56. The fraction of sp³-hybridized carbons (Fsp3) is 0.529. The molecule has 24 heavy (non-hydrogen) atoms. The molecule has 1 aliphatic heterocycles. The number of methoxy groups -OCH3 is 1. The summed E-state index contributed by atoms with van der Waals surface area (Å²) in [6, 6.07) is 7.61. The Hall–Kier alpha value is -2.28. The minimum Gasteiger partial charge on any atom is -0.482 e. The molecule has 0 bridgehead atoms. The first-order valence-corrected chi connectivity index (χ1v) is 8.29. The van der Waals surface area contributed by atoms with E-state index in [0.717, 1.165) is 30.4 Å². The molecule has 0 saturated carbocycles. The molecule has 2 rings (SSSR count). The first-order chi connectivity index (χ1) is 11.8. The molecule has 2 N–H and O–H groups in total. The van der Waals surface area contributed by atoms with Crippen LogP contribution in [0.15, 0.2) is 29.3 Å². The number of rotatable bonds is 8. The van der Waals surface area contributed by atoms with E-state index >= 15 is 0 Å². The molecule has 0 unspecified atom stereocenters. The number of hydrogen-bond acceptors (Lipinski definition) is 4. The van der Waals surface area contributed by atoms with Crippen molar-refractivity contribution >= 4 is 17.6 Å². The molecule has 1 heterocycles. The number of anilines is 1. The fourth-order valence-electron chi connectivity index (χ4n) is 2.43. The minimum atomic E-state index is -0.0113. The molecule has 1 aliphatic rings. The zero-order chi connectivity index (χ0) is 17.2. The van der Waals surface area contributed by atoms with Crippen molar-refractivity contribution in [1.29, 1.82) is 0 Å². The summed E-state index contributed by atoms with van der Waals surface area (Å²) in [7, 11) is 1.67. The molecule has 0 aromatic heterocycles. The predicted molar refractivity (Wildman–Crippen MR) is 94.8 cm³/mol. The Kier molecular flexibility index (Phi) is 7.35. The van der Waals surface area contributed by atoms with Crippen LogP contribution >= 0.6 is 0 Å². The third-order valence-electron chi connectivity index (χ3n) is 3.56. The molecule has 0 spiro atoms. The van der Waals surface area contributed by atoms with Gasteiger partial charge >= 0.3 is 0 Å². The molecule has 1 aromatic rings. The van der Waals surface area contributed by atoms with Gasteiger partial charge in [0.15, 0.2) is 12.6 Å². The number of nitrogens with one attached hydrogen (secondary N) is 2. The average molecular weight is 334 g/mol. The number of fused-ring (bicyclic) bond motifs is 1. The second-order valence-electron chi connectivity index (χ2n) is 5.34. The molecule has 0 fully saturated rings. The van der Waals surface area contributed by atoms with E-state index in [1.807, 2.05) is 31.2 Å². The first-order valence-electron chi connectivity index (χ1n) is 8.29. The van der Waals surface area contributed by atoms with Crippen LogP contribution < -0.4 is 20.3 Å². The van der Waals surface area contributed by atoms with Crippen LogP contribution in [0.3, 0.4) is 0 Å². The summed E-state index contributed by atoms with van der Waals surface area (Å²) in [6.45, 7) is 5.52. The second-order valence-corrected chi connectivity index (χ2v) is 5.34. The van der Waals surface area contributed by atoms with Crippen molar-refractivity contribution in [2.45, 2.75) is 13.3 Å². The van der Waals surface area contributed by atoms with Gasteiger partial charge in [-0.25, -0.2) is 0 Å². The van der Waals surface area contributed by atoms with E-state index in [9.17, 15) is 4.79 Å². The second kappa shape index (κ2) is 9.77. The minimum absolute atomic E-state index is 0.0113. The van der Waals surface area contributed by atoms with E-state index in [-0.39, 0.29) is 12.5 Å². The summed E-state index contributed by atoms with van der Waals surface area (Å²) < 4.78 is 10.5. The van der Waals surface area contributed by atoms with E-state index in [1.165, 1.54) is 0 Å². The Morgan fingerprint density at radius 3 is 3.00 bits per heavy atom. The van der Waals surface area contributed by atoms with Crippen molar-refractivity contribution in [3.8, 4) is 5.75 Å². The maximum atomic E-state index is 12.1. The highest BCUT2D eigenvalue weighted by Crippen LogP contribution is 2.31. The quantitative estimate of drug-likeness (QED) is 0.421. The summed E-state index contributed by atoms with van der Waals surface area (Å²) in [5, 5.41) is 6.38. The Morgan fingerprint density at radius 1 is 1.38 bits per heavy atom. The topological polar surface area (TPSA) is 75.2 Å². The van der Waals surface area contributed by atoms with Crippen LogP contribution in [0.5, 0.6) is 5.75 Å². The zero-order valence-corrected chi connectivity index (χ0v) is 14.4. The molecule has 0 radical (unpaired) electrons. The van der Waals surface area contributed by atoms with E-state index < -0.39 is 0 Å². The fourth-order valence-corrected chi connectivity index (χ4v) is 2.43. The first kappa shape index (κ1) is 18.1. The van der Waals surface area contributed by atoms with Crippen molar-refractivity contribution < 1.29 is 14.3 Å². The van der Waals surface area contributed by atoms with Crippen molar-refractivity contribution in [2.75, 3.05) is 51.4 Å². The van der Waals surface area contributed by atoms with Crippen LogP contribution in [0.2, 0.25) is 0 Å². The number of para-hydroxylation sites is 2. The zero-order valence-electron chi connectivity index (χ0n) is 14.4. The van der Waals surface area contributed by atoms with Crippen LogP contribution in [0.1, 0.15) is 13.3 Å². The van der Waals surface area contributed by atoms with Crippen molar-refractivity contribution in [3.05, 3.63) is 24.3 Å². The largest absolute Gasteiger partial charge is 0.482 e. The van der Waals surface area contributed by atoms with Crippen LogP contribution in [0.4, 0.5) is 5.69 Å². The van der Waals surface area contributed by atoms with Gasteiger partial charge in [-0.1, -0.05) is 12.1 Å². The summed E-state index contributed by atoms with van der Waals surface area (Å²) in [4.78, 5) is 18.4. The van der Waals surface area contributed by atoms with Gasteiger partial charge in [0.2, 0.25) is 0 Å². The molecule has 7 nitrogen and oxygen atoms in total. The number of nitrogens with zero attached hydrogens (tertiary/aromatic N) is 2. The maximum absolute atomic E-state index is 12.1. The number of benzene rings is 1. The highest BCUT2D eigenvalue weighted by molar-refractivity contribution is 5.97. The van der Waals surface area contributed by atoms with E-state index in [2.05, 4.69) is 15.6 Å². The lowest BCUT2D eigenvalue weighted by molar-refractivity contribution is -0.121. The molecule has 132 valence electrons. The SMILES string of the molecule is CCNC(=NCCCN1C(=O)COc2ccccc21)NCCOC. The van der Waals surface area contributed by atoms with Crippen LogP contribution in [-0.2, 0) is 9.53 Å². The summed E-state index contributed by atoms with van der Waals surface area (Å²) in [5.74, 6) is 1.52. The lowest BCUT2D eigenvalue weighted by Crippen LogP contribution is -2.40. The van der Waals surface area contributed by atoms with Gasteiger partial charge < -0.3 is 25.0 Å². The van der Waals surface area contributed by atoms with Crippen LogP contribution in [0, 0.1) is 0 Å². The van der Waals surface area contributed by atoms with Gasteiger partial charge in [0, 0.05) is 33.3 Å². The maximum Gasteiger partial charge on any atom is 0.265 e. The molecule has 7 heteroatoms. The lowest BCUT2D eigenvalue weighted by atomic mass is 10.2.